The lowest BCUT2D eigenvalue weighted by Gasteiger charge is -2.12. The Balaban J connectivity index is 2.41. The SMILES string of the molecule is COC(CCc1ccc(O)cc1)OC. The van der Waals surface area contributed by atoms with Gasteiger partial charge in [0.15, 0.2) is 6.29 Å². The molecule has 0 heterocycles. The van der Waals surface area contributed by atoms with Gasteiger partial charge in [0.1, 0.15) is 5.75 Å². The number of hydrogen-bond donors (Lipinski definition) is 1. The van der Waals surface area contributed by atoms with Gasteiger partial charge in [0, 0.05) is 20.6 Å². The Hall–Kier alpha value is -1.06. The van der Waals surface area contributed by atoms with Crippen molar-refractivity contribution in [2.75, 3.05) is 14.2 Å². The zero-order valence-corrected chi connectivity index (χ0v) is 8.56. The summed E-state index contributed by atoms with van der Waals surface area (Å²) in [6.45, 7) is 0. The van der Waals surface area contributed by atoms with Crippen LogP contribution < -0.4 is 0 Å². The summed E-state index contributed by atoms with van der Waals surface area (Å²) in [4.78, 5) is 0. The maximum Gasteiger partial charge on any atom is 0.157 e. The van der Waals surface area contributed by atoms with Crippen molar-refractivity contribution in [3.63, 3.8) is 0 Å². The monoisotopic (exact) mass is 196 g/mol. The Morgan fingerprint density at radius 2 is 1.71 bits per heavy atom. The molecule has 0 spiro atoms. The molecular weight excluding hydrogens is 180 g/mol. The smallest absolute Gasteiger partial charge is 0.157 e. The van der Waals surface area contributed by atoms with Crippen molar-refractivity contribution < 1.29 is 14.6 Å². The molecule has 1 aromatic rings. The highest BCUT2D eigenvalue weighted by Gasteiger charge is 2.04. The van der Waals surface area contributed by atoms with Gasteiger partial charge < -0.3 is 14.6 Å². The Morgan fingerprint density at radius 3 is 2.21 bits per heavy atom. The fourth-order valence-corrected chi connectivity index (χ4v) is 1.28. The zero-order valence-electron chi connectivity index (χ0n) is 8.56. The molecule has 0 aliphatic rings. The summed E-state index contributed by atoms with van der Waals surface area (Å²) < 4.78 is 10.1. The molecule has 1 aromatic carbocycles. The number of aromatic hydroxyl groups is 1. The average Bonchev–Trinajstić information content (AvgIpc) is 2.22. The van der Waals surface area contributed by atoms with Crippen LogP contribution in [0.5, 0.6) is 5.75 Å². The minimum atomic E-state index is -0.149. The molecule has 0 unspecified atom stereocenters. The molecule has 0 aliphatic carbocycles. The number of benzene rings is 1. The topological polar surface area (TPSA) is 38.7 Å². The van der Waals surface area contributed by atoms with Crippen LogP contribution >= 0.6 is 0 Å². The standard InChI is InChI=1S/C11H16O3/c1-13-11(14-2)8-5-9-3-6-10(12)7-4-9/h3-4,6-7,11-12H,5,8H2,1-2H3. The first-order chi connectivity index (χ1) is 6.76. The van der Waals surface area contributed by atoms with E-state index in [4.69, 9.17) is 14.6 Å². The van der Waals surface area contributed by atoms with E-state index in [1.165, 1.54) is 5.56 Å². The summed E-state index contributed by atoms with van der Waals surface area (Å²) in [5.74, 6) is 0.295. The van der Waals surface area contributed by atoms with Gasteiger partial charge in [0.2, 0.25) is 0 Å². The van der Waals surface area contributed by atoms with E-state index in [0.717, 1.165) is 12.8 Å². The van der Waals surface area contributed by atoms with Gasteiger partial charge in [0.25, 0.3) is 0 Å². The van der Waals surface area contributed by atoms with E-state index in [9.17, 15) is 0 Å². The van der Waals surface area contributed by atoms with Gasteiger partial charge in [-0.3, -0.25) is 0 Å². The number of methoxy groups -OCH3 is 2. The van der Waals surface area contributed by atoms with Gasteiger partial charge >= 0.3 is 0 Å². The highest BCUT2D eigenvalue weighted by molar-refractivity contribution is 5.25. The van der Waals surface area contributed by atoms with Crippen molar-refractivity contribution in [3.05, 3.63) is 29.8 Å². The minimum absolute atomic E-state index is 0.149. The quantitative estimate of drug-likeness (QED) is 0.731. The lowest BCUT2D eigenvalue weighted by atomic mass is 10.1. The van der Waals surface area contributed by atoms with E-state index in [1.807, 2.05) is 12.1 Å². The zero-order chi connectivity index (χ0) is 10.4. The van der Waals surface area contributed by atoms with E-state index in [2.05, 4.69) is 0 Å². The number of hydrogen-bond acceptors (Lipinski definition) is 3. The number of ether oxygens (including phenoxy) is 2. The molecule has 0 atom stereocenters. The van der Waals surface area contributed by atoms with Crippen LogP contribution in [0.2, 0.25) is 0 Å². The Morgan fingerprint density at radius 1 is 1.14 bits per heavy atom. The third-order valence-corrected chi connectivity index (χ3v) is 2.13. The highest BCUT2D eigenvalue weighted by atomic mass is 16.7. The number of rotatable bonds is 5. The summed E-state index contributed by atoms with van der Waals surface area (Å²) in [5.41, 5.74) is 1.17. The van der Waals surface area contributed by atoms with Gasteiger partial charge in [-0.05, 0) is 24.1 Å². The Bertz CT molecular complexity index is 252. The summed E-state index contributed by atoms with van der Waals surface area (Å²) >= 11 is 0. The second kappa shape index (κ2) is 5.62. The fourth-order valence-electron chi connectivity index (χ4n) is 1.28. The second-order valence-corrected chi connectivity index (χ2v) is 3.11. The van der Waals surface area contributed by atoms with E-state index in [1.54, 1.807) is 26.4 Å². The van der Waals surface area contributed by atoms with Gasteiger partial charge in [0.05, 0.1) is 0 Å². The lowest BCUT2D eigenvalue weighted by Crippen LogP contribution is -2.13. The van der Waals surface area contributed by atoms with Gasteiger partial charge in [-0.1, -0.05) is 12.1 Å². The second-order valence-electron chi connectivity index (χ2n) is 3.11. The molecule has 1 N–H and O–H groups in total. The first kappa shape index (κ1) is 11.0. The summed E-state index contributed by atoms with van der Waals surface area (Å²) in [6.07, 6.45) is 1.55. The Labute approximate surface area is 84.3 Å². The maximum atomic E-state index is 9.08. The maximum absolute atomic E-state index is 9.08. The predicted molar refractivity (Wildman–Crippen MR) is 54.2 cm³/mol. The molecule has 0 bridgehead atoms. The van der Waals surface area contributed by atoms with Crippen molar-refractivity contribution >= 4 is 0 Å². The molecule has 0 radical (unpaired) electrons. The molecule has 0 fully saturated rings. The van der Waals surface area contributed by atoms with Gasteiger partial charge in [-0.25, -0.2) is 0 Å². The normalized spacial score (nSPS) is 10.8. The minimum Gasteiger partial charge on any atom is -0.508 e. The molecule has 78 valence electrons. The van der Waals surface area contributed by atoms with Crippen molar-refractivity contribution in [1.82, 2.24) is 0 Å². The lowest BCUT2D eigenvalue weighted by molar-refractivity contribution is -0.105. The van der Waals surface area contributed by atoms with E-state index in [-0.39, 0.29) is 6.29 Å². The molecule has 0 amide bonds. The van der Waals surface area contributed by atoms with Gasteiger partial charge in [-0.15, -0.1) is 0 Å². The molecule has 0 aromatic heterocycles. The van der Waals surface area contributed by atoms with Crippen molar-refractivity contribution in [2.24, 2.45) is 0 Å². The Kier molecular flexibility index (Phi) is 4.43. The molecule has 3 nitrogen and oxygen atoms in total. The van der Waals surface area contributed by atoms with E-state index in [0.29, 0.717) is 5.75 Å². The van der Waals surface area contributed by atoms with Crippen LogP contribution in [-0.2, 0) is 15.9 Å². The predicted octanol–water partition coefficient (Wildman–Crippen LogP) is 1.94. The molecule has 0 saturated heterocycles. The number of aryl methyl sites for hydroxylation is 1. The van der Waals surface area contributed by atoms with Crippen LogP contribution in [0.3, 0.4) is 0 Å². The fraction of sp³-hybridized carbons (Fsp3) is 0.455. The third kappa shape index (κ3) is 3.36. The molecule has 0 saturated carbocycles. The highest BCUT2D eigenvalue weighted by Crippen LogP contribution is 2.12. The van der Waals surface area contributed by atoms with Gasteiger partial charge in [-0.2, -0.15) is 0 Å². The number of phenolic OH excluding ortho intramolecular Hbond substituents is 1. The van der Waals surface area contributed by atoms with E-state index >= 15 is 0 Å². The van der Waals surface area contributed by atoms with Crippen molar-refractivity contribution in [1.29, 1.82) is 0 Å². The van der Waals surface area contributed by atoms with Crippen LogP contribution in [0, 0.1) is 0 Å². The first-order valence-corrected chi connectivity index (χ1v) is 4.59. The summed E-state index contributed by atoms with van der Waals surface area (Å²) in [6, 6.07) is 7.17. The molecule has 0 aliphatic heterocycles. The van der Waals surface area contributed by atoms with Crippen LogP contribution in [0.15, 0.2) is 24.3 Å². The average molecular weight is 196 g/mol. The van der Waals surface area contributed by atoms with Crippen LogP contribution in [-0.4, -0.2) is 25.6 Å². The third-order valence-electron chi connectivity index (χ3n) is 2.13. The largest absolute Gasteiger partial charge is 0.508 e. The van der Waals surface area contributed by atoms with Crippen LogP contribution in [0.4, 0.5) is 0 Å². The molecular formula is C11H16O3. The molecule has 14 heavy (non-hydrogen) atoms. The van der Waals surface area contributed by atoms with Crippen LogP contribution in [0.1, 0.15) is 12.0 Å². The van der Waals surface area contributed by atoms with E-state index < -0.39 is 0 Å². The summed E-state index contributed by atoms with van der Waals surface area (Å²) in [5, 5.41) is 9.08. The molecule has 3 heteroatoms. The van der Waals surface area contributed by atoms with Crippen molar-refractivity contribution in [3.8, 4) is 5.75 Å². The van der Waals surface area contributed by atoms with Crippen LogP contribution in [0.25, 0.3) is 0 Å². The molecule has 1 rings (SSSR count). The van der Waals surface area contributed by atoms with Crippen molar-refractivity contribution in [2.45, 2.75) is 19.1 Å². The first-order valence-electron chi connectivity index (χ1n) is 4.59. The summed E-state index contributed by atoms with van der Waals surface area (Å²) in [7, 11) is 3.26. The number of phenols is 1.